The molecular weight excluding hydrogens is 398 g/mol. The second-order valence-electron chi connectivity index (χ2n) is 4.73. The lowest BCUT2D eigenvalue weighted by molar-refractivity contribution is 0.301. The highest BCUT2D eigenvalue weighted by molar-refractivity contribution is 9.10. The maximum absolute atomic E-state index is 5.99. The molecule has 1 atom stereocenters. The summed E-state index contributed by atoms with van der Waals surface area (Å²) in [4.78, 5) is 0. The molecule has 0 heterocycles. The Hall–Kier alpha value is -1.04. The maximum atomic E-state index is 5.99. The van der Waals surface area contributed by atoms with E-state index in [0.29, 0.717) is 6.61 Å². The lowest BCUT2D eigenvalue weighted by atomic mass is 10.1. The molecule has 21 heavy (non-hydrogen) atoms. The van der Waals surface area contributed by atoms with Crippen molar-refractivity contribution in [2.24, 2.45) is 5.73 Å². The molecule has 0 aliphatic rings. The van der Waals surface area contributed by atoms with Crippen LogP contribution in [-0.4, -0.2) is 7.11 Å². The largest absolute Gasteiger partial charge is 0.496 e. The maximum Gasteiger partial charge on any atom is 0.133 e. The molecule has 5 heteroatoms. The van der Waals surface area contributed by atoms with E-state index in [0.717, 1.165) is 31.6 Å². The first kappa shape index (κ1) is 16.3. The van der Waals surface area contributed by atoms with E-state index in [1.54, 1.807) is 7.11 Å². The van der Waals surface area contributed by atoms with Crippen molar-refractivity contribution in [2.45, 2.75) is 19.6 Å². The zero-order chi connectivity index (χ0) is 15.4. The molecule has 0 fully saturated rings. The average molecular weight is 415 g/mol. The van der Waals surface area contributed by atoms with E-state index in [2.05, 4.69) is 31.9 Å². The molecule has 0 bridgehead atoms. The lowest BCUT2D eigenvalue weighted by Crippen LogP contribution is -2.08. The van der Waals surface area contributed by atoms with Gasteiger partial charge in [0.25, 0.3) is 0 Å². The molecule has 0 aliphatic heterocycles. The summed E-state index contributed by atoms with van der Waals surface area (Å²) in [6.07, 6.45) is 0. The van der Waals surface area contributed by atoms with Crippen molar-refractivity contribution in [3.05, 3.63) is 56.5 Å². The van der Waals surface area contributed by atoms with Crippen LogP contribution in [0.5, 0.6) is 11.5 Å². The third kappa shape index (κ3) is 4.22. The fourth-order valence-corrected chi connectivity index (χ4v) is 2.93. The molecular formula is C16H17Br2NO2. The summed E-state index contributed by atoms with van der Waals surface area (Å²) in [5, 5.41) is 0. The van der Waals surface area contributed by atoms with Gasteiger partial charge in [-0.25, -0.2) is 0 Å². The third-order valence-electron chi connectivity index (χ3n) is 3.07. The van der Waals surface area contributed by atoms with E-state index in [4.69, 9.17) is 15.2 Å². The quantitative estimate of drug-likeness (QED) is 0.762. The van der Waals surface area contributed by atoms with Crippen LogP contribution < -0.4 is 15.2 Å². The molecule has 2 rings (SSSR count). The van der Waals surface area contributed by atoms with Crippen LogP contribution in [0.15, 0.2) is 45.3 Å². The minimum absolute atomic E-state index is 0.0832. The van der Waals surface area contributed by atoms with Crippen molar-refractivity contribution < 1.29 is 9.47 Å². The van der Waals surface area contributed by atoms with Crippen molar-refractivity contribution in [3.63, 3.8) is 0 Å². The number of halogens is 2. The molecule has 3 nitrogen and oxygen atoms in total. The van der Waals surface area contributed by atoms with Crippen LogP contribution in [0.1, 0.15) is 24.1 Å². The topological polar surface area (TPSA) is 44.5 Å². The Morgan fingerprint density at radius 3 is 2.43 bits per heavy atom. The van der Waals surface area contributed by atoms with Crippen molar-refractivity contribution >= 4 is 31.9 Å². The summed E-state index contributed by atoms with van der Waals surface area (Å²) in [6.45, 7) is 2.42. The van der Waals surface area contributed by atoms with Gasteiger partial charge in [0.2, 0.25) is 0 Å². The second kappa shape index (κ2) is 7.29. The predicted octanol–water partition coefficient (Wildman–Crippen LogP) is 4.82. The standard InChI is InChI=1S/C16H17Br2NO2/c1-10(19)13-8-12(17)4-6-15(13)21-9-11-3-5-16(20-2)14(18)7-11/h3-8,10H,9,19H2,1-2H3/t10-/m0/s1. The summed E-state index contributed by atoms with van der Waals surface area (Å²) < 4.78 is 13.0. The highest BCUT2D eigenvalue weighted by Gasteiger charge is 2.09. The van der Waals surface area contributed by atoms with Crippen LogP contribution in [0.4, 0.5) is 0 Å². The van der Waals surface area contributed by atoms with Crippen LogP contribution in [-0.2, 0) is 6.61 Å². The Balaban J connectivity index is 2.15. The lowest BCUT2D eigenvalue weighted by Gasteiger charge is -2.15. The van der Waals surface area contributed by atoms with Gasteiger partial charge in [-0.1, -0.05) is 22.0 Å². The molecule has 0 aromatic heterocycles. The van der Waals surface area contributed by atoms with Crippen LogP contribution in [0, 0.1) is 0 Å². The van der Waals surface area contributed by atoms with Crippen LogP contribution >= 0.6 is 31.9 Å². The Bertz CT molecular complexity index is 630. The van der Waals surface area contributed by atoms with Crippen molar-refractivity contribution in [1.29, 1.82) is 0 Å². The fraction of sp³-hybridized carbons (Fsp3) is 0.250. The molecule has 0 unspecified atom stereocenters. The normalized spacial score (nSPS) is 12.0. The van der Waals surface area contributed by atoms with Crippen molar-refractivity contribution in [1.82, 2.24) is 0 Å². The molecule has 0 aliphatic carbocycles. The monoisotopic (exact) mass is 413 g/mol. The van der Waals surface area contributed by atoms with Crippen LogP contribution in [0.3, 0.4) is 0 Å². The van der Waals surface area contributed by atoms with Crippen LogP contribution in [0.25, 0.3) is 0 Å². The van der Waals surface area contributed by atoms with Gasteiger partial charge in [0.05, 0.1) is 11.6 Å². The molecule has 112 valence electrons. The van der Waals surface area contributed by atoms with Crippen molar-refractivity contribution in [2.75, 3.05) is 7.11 Å². The number of rotatable bonds is 5. The highest BCUT2D eigenvalue weighted by atomic mass is 79.9. The first-order chi connectivity index (χ1) is 10.0. The van der Waals surface area contributed by atoms with E-state index < -0.39 is 0 Å². The molecule has 0 radical (unpaired) electrons. The molecule has 2 N–H and O–H groups in total. The van der Waals surface area contributed by atoms with Gasteiger partial charge in [0, 0.05) is 16.1 Å². The molecule has 0 saturated carbocycles. The van der Waals surface area contributed by atoms with Gasteiger partial charge in [-0.15, -0.1) is 0 Å². The van der Waals surface area contributed by atoms with E-state index in [9.17, 15) is 0 Å². The first-order valence-corrected chi connectivity index (χ1v) is 8.10. The molecule has 0 saturated heterocycles. The number of hydrogen-bond acceptors (Lipinski definition) is 3. The van der Waals surface area contributed by atoms with E-state index in [-0.39, 0.29) is 6.04 Å². The Labute approximate surface area is 141 Å². The summed E-state index contributed by atoms with van der Waals surface area (Å²) in [5.74, 6) is 1.61. The summed E-state index contributed by atoms with van der Waals surface area (Å²) in [5.41, 5.74) is 8.03. The average Bonchev–Trinajstić information content (AvgIpc) is 2.46. The van der Waals surface area contributed by atoms with Gasteiger partial charge in [0.1, 0.15) is 18.1 Å². The smallest absolute Gasteiger partial charge is 0.133 e. The molecule has 2 aromatic rings. The first-order valence-electron chi connectivity index (χ1n) is 6.51. The number of benzene rings is 2. The SMILES string of the molecule is COc1ccc(COc2ccc(Br)cc2[C@H](C)N)cc1Br. The van der Waals surface area contributed by atoms with Crippen LogP contribution in [0.2, 0.25) is 0 Å². The Kier molecular flexibility index (Phi) is 5.67. The van der Waals surface area contributed by atoms with Gasteiger partial charge in [-0.3, -0.25) is 0 Å². The molecule has 2 aromatic carbocycles. The van der Waals surface area contributed by atoms with E-state index in [1.165, 1.54) is 0 Å². The van der Waals surface area contributed by atoms with E-state index >= 15 is 0 Å². The van der Waals surface area contributed by atoms with Gasteiger partial charge in [-0.2, -0.15) is 0 Å². The summed E-state index contributed by atoms with van der Waals surface area (Å²) >= 11 is 6.93. The fourth-order valence-electron chi connectivity index (χ4n) is 1.97. The number of ether oxygens (including phenoxy) is 2. The predicted molar refractivity (Wildman–Crippen MR) is 91.8 cm³/mol. The minimum Gasteiger partial charge on any atom is -0.496 e. The van der Waals surface area contributed by atoms with Crippen molar-refractivity contribution in [3.8, 4) is 11.5 Å². The zero-order valence-corrected chi connectivity index (χ0v) is 15.1. The zero-order valence-electron chi connectivity index (χ0n) is 11.9. The number of hydrogen-bond donors (Lipinski definition) is 1. The van der Waals surface area contributed by atoms with Gasteiger partial charge in [-0.05, 0) is 58.7 Å². The van der Waals surface area contributed by atoms with Gasteiger partial charge < -0.3 is 15.2 Å². The molecule has 0 spiro atoms. The highest BCUT2D eigenvalue weighted by Crippen LogP contribution is 2.29. The third-order valence-corrected chi connectivity index (χ3v) is 4.19. The molecule has 0 amide bonds. The Morgan fingerprint density at radius 2 is 1.81 bits per heavy atom. The number of nitrogens with two attached hydrogens (primary N) is 1. The minimum atomic E-state index is -0.0832. The van der Waals surface area contributed by atoms with Gasteiger partial charge >= 0.3 is 0 Å². The second-order valence-corrected chi connectivity index (χ2v) is 6.50. The van der Waals surface area contributed by atoms with Gasteiger partial charge in [0.15, 0.2) is 0 Å². The summed E-state index contributed by atoms with van der Waals surface area (Å²) in [6, 6.07) is 11.7. The summed E-state index contributed by atoms with van der Waals surface area (Å²) in [7, 11) is 1.65. The Morgan fingerprint density at radius 1 is 1.10 bits per heavy atom. The number of methoxy groups -OCH3 is 1. The van der Waals surface area contributed by atoms with E-state index in [1.807, 2.05) is 43.3 Å².